The van der Waals surface area contributed by atoms with Crippen LogP contribution in [0.15, 0.2) is 59.6 Å². The summed E-state index contributed by atoms with van der Waals surface area (Å²) < 4.78 is 12.8. The summed E-state index contributed by atoms with van der Waals surface area (Å²) >= 11 is 0. The van der Waals surface area contributed by atoms with E-state index in [0.717, 1.165) is 0 Å². The molecule has 0 fully saturated rings. The molecule has 17 heavy (non-hydrogen) atoms. The molecule has 0 bridgehead atoms. The highest BCUT2D eigenvalue weighted by atomic mass is 19.1. The summed E-state index contributed by atoms with van der Waals surface area (Å²) in [7, 11) is 0. The van der Waals surface area contributed by atoms with Gasteiger partial charge in [0.1, 0.15) is 5.82 Å². The van der Waals surface area contributed by atoms with Crippen molar-refractivity contribution in [2.45, 2.75) is 0 Å². The molecule has 86 valence electrons. The molecule has 2 N–H and O–H groups in total. The number of benzene rings is 2. The number of nitrogens with zero attached hydrogens (tertiary/aromatic N) is 1. The van der Waals surface area contributed by atoms with Gasteiger partial charge in [-0.3, -0.25) is 10.7 Å². The van der Waals surface area contributed by atoms with Crippen molar-refractivity contribution in [3.8, 4) is 0 Å². The molecular weight excluding hydrogens is 219 g/mol. The van der Waals surface area contributed by atoms with E-state index in [1.54, 1.807) is 24.3 Å². The molecule has 0 amide bonds. The fraction of sp³-hybridized carbons (Fsp3) is 0. The van der Waals surface area contributed by atoms with Gasteiger partial charge in [-0.2, -0.15) is 0 Å². The number of nitrogens with one attached hydrogen (secondary N) is 1. The molecule has 0 aromatic heterocycles. The zero-order valence-corrected chi connectivity index (χ0v) is 8.97. The number of halogens is 1. The zero-order chi connectivity index (χ0) is 12.1. The van der Waals surface area contributed by atoms with Crippen LogP contribution in [-0.2, 0) is 0 Å². The summed E-state index contributed by atoms with van der Waals surface area (Å²) in [5.41, 5.74) is 3.33. The van der Waals surface area contributed by atoms with Crippen LogP contribution in [0.25, 0.3) is 0 Å². The van der Waals surface area contributed by atoms with Crippen LogP contribution in [0.3, 0.4) is 0 Å². The fourth-order valence-corrected chi connectivity index (χ4v) is 1.39. The SMILES string of the molecule is ONC(=Nc1ccccc1)c1ccc(F)cc1. The number of amidine groups is 1. The second-order valence-electron chi connectivity index (χ2n) is 3.41. The van der Waals surface area contributed by atoms with Crippen molar-refractivity contribution in [2.75, 3.05) is 0 Å². The monoisotopic (exact) mass is 230 g/mol. The van der Waals surface area contributed by atoms with Crippen LogP contribution >= 0.6 is 0 Å². The van der Waals surface area contributed by atoms with E-state index < -0.39 is 0 Å². The van der Waals surface area contributed by atoms with Crippen LogP contribution < -0.4 is 5.48 Å². The smallest absolute Gasteiger partial charge is 0.157 e. The maximum Gasteiger partial charge on any atom is 0.157 e. The Hall–Kier alpha value is -2.20. The first-order valence-corrected chi connectivity index (χ1v) is 5.09. The summed E-state index contributed by atoms with van der Waals surface area (Å²) in [5.74, 6) is -0.0537. The van der Waals surface area contributed by atoms with Crippen molar-refractivity contribution in [1.82, 2.24) is 5.48 Å². The summed E-state index contributed by atoms with van der Waals surface area (Å²) in [5, 5.41) is 9.04. The molecule has 0 saturated heterocycles. The van der Waals surface area contributed by atoms with Crippen LogP contribution in [0.1, 0.15) is 5.56 Å². The van der Waals surface area contributed by atoms with Crippen molar-refractivity contribution >= 4 is 11.5 Å². The van der Waals surface area contributed by atoms with Gasteiger partial charge in [0.05, 0.1) is 5.69 Å². The molecule has 2 aromatic carbocycles. The average molecular weight is 230 g/mol. The molecule has 2 rings (SSSR count). The van der Waals surface area contributed by atoms with Crippen LogP contribution in [0.5, 0.6) is 0 Å². The minimum Gasteiger partial charge on any atom is -0.290 e. The van der Waals surface area contributed by atoms with Gasteiger partial charge >= 0.3 is 0 Å². The number of hydrogen-bond acceptors (Lipinski definition) is 2. The summed E-state index contributed by atoms with van der Waals surface area (Å²) in [4.78, 5) is 4.21. The maximum atomic E-state index is 12.8. The Kier molecular flexibility index (Phi) is 3.47. The van der Waals surface area contributed by atoms with Crippen molar-refractivity contribution in [2.24, 2.45) is 4.99 Å². The highest BCUT2D eigenvalue weighted by Crippen LogP contribution is 2.12. The number of para-hydroxylation sites is 1. The van der Waals surface area contributed by atoms with Crippen LogP contribution in [0.2, 0.25) is 0 Å². The molecule has 0 aliphatic carbocycles. The molecule has 0 saturated carbocycles. The standard InChI is InChI=1S/C13H11FN2O/c14-11-8-6-10(7-9-11)13(16-17)15-12-4-2-1-3-5-12/h1-9,17H,(H,15,16). The Morgan fingerprint density at radius 1 is 1.00 bits per heavy atom. The molecule has 0 spiro atoms. The first-order chi connectivity index (χ1) is 8.29. The third-order valence-corrected chi connectivity index (χ3v) is 2.22. The number of rotatable bonds is 2. The van der Waals surface area contributed by atoms with Gasteiger partial charge in [0.25, 0.3) is 0 Å². The zero-order valence-electron chi connectivity index (χ0n) is 8.97. The second-order valence-corrected chi connectivity index (χ2v) is 3.41. The topological polar surface area (TPSA) is 44.6 Å². The van der Waals surface area contributed by atoms with Gasteiger partial charge < -0.3 is 0 Å². The quantitative estimate of drug-likeness (QED) is 0.473. The lowest BCUT2D eigenvalue weighted by molar-refractivity contribution is 0.235. The van der Waals surface area contributed by atoms with E-state index in [1.165, 1.54) is 12.1 Å². The Bertz CT molecular complexity index is 509. The van der Waals surface area contributed by atoms with E-state index in [1.807, 2.05) is 23.7 Å². The number of hydroxylamine groups is 1. The highest BCUT2D eigenvalue weighted by Gasteiger charge is 2.02. The van der Waals surface area contributed by atoms with E-state index in [0.29, 0.717) is 11.3 Å². The number of hydrogen-bond donors (Lipinski definition) is 2. The third kappa shape index (κ3) is 2.89. The van der Waals surface area contributed by atoms with E-state index in [4.69, 9.17) is 5.21 Å². The molecule has 2 aromatic rings. The first kappa shape index (κ1) is 11.3. The Morgan fingerprint density at radius 2 is 1.65 bits per heavy atom. The lowest BCUT2D eigenvalue weighted by Crippen LogP contribution is -2.19. The van der Waals surface area contributed by atoms with E-state index in [9.17, 15) is 4.39 Å². The highest BCUT2D eigenvalue weighted by molar-refractivity contribution is 5.99. The summed E-state index contributed by atoms with van der Waals surface area (Å²) in [6.45, 7) is 0. The largest absolute Gasteiger partial charge is 0.290 e. The van der Waals surface area contributed by atoms with Crippen LogP contribution in [0, 0.1) is 5.82 Å². The van der Waals surface area contributed by atoms with Crippen LogP contribution in [0.4, 0.5) is 10.1 Å². The lowest BCUT2D eigenvalue weighted by Gasteiger charge is -2.04. The van der Waals surface area contributed by atoms with E-state index in [-0.39, 0.29) is 11.7 Å². The molecule has 0 aliphatic heterocycles. The predicted octanol–water partition coefficient (Wildman–Crippen LogP) is 2.88. The third-order valence-electron chi connectivity index (χ3n) is 2.22. The van der Waals surface area contributed by atoms with Crippen molar-refractivity contribution in [1.29, 1.82) is 0 Å². The minimum absolute atomic E-state index is 0.274. The number of aliphatic imine (C=N–C) groups is 1. The predicted molar refractivity (Wildman–Crippen MR) is 64.0 cm³/mol. The molecule has 0 aliphatic rings. The Labute approximate surface area is 98.2 Å². The lowest BCUT2D eigenvalue weighted by atomic mass is 10.2. The molecule has 0 unspecified atom stereocenters. The average Bonchev–Trinajstić information content (AvgIpc) is 2.38. The minimum atomic E-state index is -0.328. The molecular formula is C13H11FN2O. The summed E-state index contributed by atoms with van der Waals surface area (Å²) in [6.07, 6.45) is 0. The Morgan fingerprint density at radius 3 is 2.24 bits per heavy atom. The maximum absolute atomic E-state index is 12.8. The van der Waals surface area contributed by atoms with Crippen molar-refractivity contribution in [3.05, 3.63) is 66.0 Å². The van der Waals surface area contributed by atoms with Crippen LogP contribution in [-0.4, -0.2) is 11.0 Å². The summed E-state index contributed by atoms with van der Waals surface area (Å²) in [6, 6.07) is 14.9. The van der Waals surface area contributed by atoms with Gasteiger partial charge in [-0.05, 0) is 36.4 Å². The second kappa shape index (κ2) is 5.23. The van der Waals surface area contributed by atoms with Crippen molar-refractivity contribution < 1.29 is 9.60 Å². The molecule has 0 atom stereocenters. The molecule has 4 heteroatoms. The molecule has 3 nitrogen and oxygen atoms in total. The molecule has 0 heterocycles. The van der Waals surface area contributed by atoms with Crippen molar-refractivity contribution in [3.63, 3.8) is 0 Å². The Balaban J connectivity index is 2.34. The van der Waals surface area contributed by atoms with Gasteiger partial charge in [0, 0.05) is 5.56 Å². The fourth-order valence-electron chi connectivity index (χ4n) is 1.39. The van der Waals surface area contributed by atoms with Gasteiger partial charge in [0.15, 0.2) is 5.84 Å². The first-order valence-electron chi connectivity index (χ1n) is 5.09. The molecule has 0 radical (unpaired) electrons. The van der Waals surface area contributed by atoms with Gasteiger partial charge in [0.2, 0.25) is 0 Å². The van der Waals surface area contributed by atoms with Gasteiger partial charge in [-0.15, -0.1) is 0 Å². The van der Waals surface area contributed by atoms with Gasteiger partial charge in [-0.1, -0.05) is 18.2 Å². The van der Waals surface area contributed by atoms with Gasteiger partial charge in [-0.25, -0.2) is 9.38 Å². The van der Waals surface area contributed by atoms with E-state index in [2.05, 4.69) is 4.99 Å². The normalized spacial score (nSPS) is 11.3. The van der Waals surface area contributed by atoms with E-state index >= 15 is 0 Å².